The number of unbranched alkanes of at least 4 members (excludes halogenated alkanes) is 20. The molecule has 0 aromatic rings. The highest BCUT2D eigenvalue weighted by Crippen LogP contribution is 2.12. The topological polar surface area (TPSA) is 104 Å². The Bertz CT molecular complexity index is 837. The Kier molecular flexibility index (Phi) is 30.5. The average molecular weight is 640 g/mol. The van der Waals surface area contributed by atoms with Gasteiger partial charge in [0.15, 0.2) is 0 Å². The zero-order valence-corrected chi connectivity index (χ0v) is 29.3. The van der Waals surface area contributed by atoms with E-state index in [1.807, 2.05) is 0 Å². The maximum Gasteiger partial charge on any atom is 0.267 e. The van der Waals surface area contributed by atoms with Crippen molar-refractivity contribution in [1.82, 2.24) is 5.32 Å². The van der Waals surface area contributed by atoms with Gasteiger partial charge in [-0.1, -0.05) is 147 Å². The molecule has 258 valence electrons. The molecule has 44 heavy (non-hydrogen) atoms. The highest BCUT2D eigenvalue weighted by molar-refractivity contribution is 7.85. The van der Waals surface area contributed by atoms with Crippen LogP contribution in [0, 0.1) is 0 Å². The van der Waals surface area contributed by atoms with E-state index in [0.717, 1.165) is 51.4 Å². The van der Waals surface area contributed by atoms with Gasteiger partial charge in [0.2, 0.25) is 5.91 Å². The van der Waals surface area contributed by atoms with E-state index < -0.39 is 28.0 Å². The van der Waals surface area contributed by atoms with Crippen LogP contribution in [0.5, 0.6) is 0 Å². The van der Waals surface area contributed by atoms with E-state index in [0.29, 0.717) is 6.42 Å². The fourth-order valence-corrected chi connectivity index (χ4v) is 6.02. The second-order valence-electron chi connectivity index (χ2n) is 12.5. The van der Waals surface area contributed by atoms with Crippen LogP contribution in [0.1, 0.15) is 174 Å². The molecule has 0 aliphatic carbocycles. The molecule has 0 saturated carbocycles. The number of amides is 1. The molecular formula is C37H69NO5S. The first-order chi connectivity index (χ1) is 21.3. The highest BCUT2D eigenvalue weighted by Gasteiger charge is 2.24. The van der Waals surface area contributed by atoms with Crippen molar-refractivity contribution in [3.05, 3.63) is 36.5 Å². The number of carbonyl (C=O) groups is 1. The molecule has 0 fully saturated rings. The molecule has 1 amide bonds. The molecule has 0 rings (SSSR count). The Hall–Kier alpha value is -1.44. The fraction of sp³-hybridized carbons (Fsp3) is 0.811. The molecule has 7 heteroatoms. The summed E-state index contributed by atoms with van der Waals surface area (Å²) >= 11 is 0. The zero-order chi connectivity index (χ0) is 32.6. The van der Waals surface area contributed by atoms with E-state index in [-0.39, 0.29) is 12.3 Å². The van der Waals surface area contributed by atoms with Gasteiger partial charge in [-0.3, -0.25) is 9.35 Å². The van der Waals surface area contributed by atoms with Gasteiger partial charge in [0.05, 0.1) is 17.9 Å². The van der Waals surface area contributed by atoms with Gasteiger partial charge < -0.3 is 10.4 Å². The van der Waals surface area contributed by atoms with Gasteiger partial charge in [-0.05, 0) is 57.8 Å². The number of nitrogens with one attached hydrogen (secondary N) is 1. The van der Waals surface area contributed by atoms with Crippen LogP contribution in [-0.4, -0.2) is 41.9 Å². The normalized spacial score (nSPS) is 13.8. The molecule has 2 unspecified atom stereocenters. The van der Waals surface area contributed by atoms with Crippen LogP contribution >= 0.6 is 0 Å². The Balaban J connectivity index is 4.06. The van der Waals surface area contributed by atoms with E-state index in [9.17, 15) is 22.9 Å². The van der Waals surface area contributed by atoms with Crippen molar-refractivity contribution in [2.75, 3.05) is 5.75 Å². The molecule has 0 radical (unpaired) electrons. The van der Waals surface area contributed by atoms with Gasteiger partial charge in [-0.15, -0.1) is 0 Å². The number of hydrogen-bond donors (Lipinski definition) is 3. The first kappa shape index (κ1) is 42.6. The van der Waals surface area contributed by atoms with Crippen LogP contribution in [0.3, 0.4) is 0 Å². The van der Waals surface area contributed by atoms with Crippen LogP contribution in [0.4, 0.5) is 0 Å². The first-order valence-electron chi connectivity index (χ1n) is 18.2. The lowest BCUT2D eigenvalue weighted by atomic mass is 10.1. The van der Waals surface area contributed by atoms with Crippen LogP contribution in [0.15, 0.2) is 36.5 Å². The smallest absolute Gasteiger partial charge is 0.267 e. The van der Waals surface area contributed by atoms with Crippen LogP contribution in [-0.2, 0) is 14.9 Å². The van der Waals surface area contributed by atoms with E-state index >= 15 is 0 Å². The Morgan fingerprint density at radius 3 is 1.43 bits per heavy atom. The van der Waals surface area contributed by atoms with Gasteiger partial charge in [-0.25, -0.2) is 0 Å². The summed E-state index contributed by atoms with van der Waals surface area (Å²) in [5.41, 5.74) is 0. The summed E-state index contributed by atoms with van der Waals surface area (Å²) in [5, 5.41) is 13.1. The third-order valence-corrected chi connectivity index (χ3v) is 8.82. The van der Waals surface area contributed by atoms with E-state index in [1.54, 1.807) is 6.08 Å². The van der Waals surface area contributed by atoms with Crippen molar-refractivity contribution in [2.24, 2.45) is 0 Å². The molecule has 0 spiro atoms. The molecule has 0 aromatic heterocycles. The molecule has 2 atom stereocenters. The molecular weight excluding hydrogens is 570 g/mol. The molecule has 6 nitrogen and oxygen atoms in total. The predicted molar refractivity (Wildman–Crippen MR) is 189 cm³/mol. The lowest BCUT2D eigenvalue weighted by molar-refractivity contribution is -0.122. The molecule has 0 aliphatic heterocycles. The van der Waals surface area contributed by atoms with E-state index in [2.05, 4.69) is 43.5 Å². The van der Waals surface area contributed by atoms with Crippen LogP contribution < -0.4 is 5.32 Å². The van der Waals surface area contributed by atoms with Crippen LogP contribution in [0.2, 0.25) is 0 Å². The Labute approximate surface area is 272 Å². The lowest BCUT2D eigenvalue weighted by Crippen LogP contribution is -2.46. The summed E-state index contributed by atoms with van der Waals surface area (Å²) in [6.45, 7) is 4.49. The number of hydrogen-bond acceptors (Lipinski definition) is 4. The maximum absolute atomic E-state index is 12.4. The molecule has 0 aliphatic rings. The van der Waals surface area contributed by atoms with Gasteiger partial charge in [-0.2, -0.15) is 8.42 Å². The van der Waals surface area contributed by atoms with Gasteiger partial charge in [0.25, 0.3) is 10.1 Å². The van der Waals surface area contributed by atoms with E-state index in [4.69, 9.17) is 0 Å². The quantitative estimate of drug-likeness (QED) is 0.0386. The van der Waals surface area contributed by atoms with Crippen molar-refractivity contribution in [3.8, 4) is 0 Å². The van der Waals surface area contributed by atoms with Crippen LogP contribution in [0.25, 0.3) is 0 Å². The molecule has 0 aromatic carbocycles. The predicted octanol–water partition coefficient (Wildman–Crippen LogP) is 10.2. The number of carbonyl (C=O) groups excluding carboxylic acids is 1. The number of aliphatic hydroxyl groups is 1. The van der Waals surface area contributed by atoms with Gasteiger partial charge >= 0.3 is 0 Å². The van der Waals surface area contributed by atoms with Gasteiger partial charge in [0, 0.05) is 6.42 Å². The Morgan fingerprint density at radius 2 is 0.977 bits per heavy atom. The lowest BCUT2D eigenvalue weighted by Gasteiger charge is -2.21. The maximum atomic E-state index is 12.4. The highest BCUT2D eigenvalue weighted by atomic mass is 32.2. The SMILES string of the molecule is CCCCCCCC/C=C\CCCCCCCC(=O)NC(CS(=O)(=O)O)C(O)/C=C/CC/C=C/CCCCCCCCCC. The molecule has 0 heterocycles. The van der Waals surface area contributed by atoms with Crippen molar-refractivity contribution >= 4 is 16.0 Å². The van der Waals surface area contributed by atoms with Crippen molar-refractivity contribution < 1.29 is 22.9 Å². The molecule has 0 saturated heterocycles. The monoisotopic (exact) mass is 639 g/mol. The van der Waals surface area contributed by atoms with Crippen molar-refractivity contribution in [1.29, 1.82) is 0 Å². The second-order valence-corrected chi connectivity index (χ2v) is 14.0. The van der Waals surface area contributed by atoms with Crippen molar-refractivity contribution in [3.63, 3.8) is 0 Å². The number of rotatable bonds is 32. The number of aliphatic hydroxyl groups excluding tert-OH is 1. The third kappa shape index (κ3) is 32.0. The zero-order valence-electron chi connectivity index (χ0n) is 28.5. The minimum atomic E-state index is -4.35. The minimum absolute atomic E-state index is 0.278. The minimum Gasteiger partial charge on any atom is -0.387 e. The summed E-state index contributed by atoms with van der Waals surface area (Å²) in [6, 6.07) is -1.07. The summed E-state index contributed by atoms with van der Waals surface area (Å²) in [4.78, 5) is 12.4. The second kappa shape index (κ2) is 31.5. The van der Waals surface area contributed by atoms with E-state index in [1.165, 1.54) is 102 Å². The third-order valence-electron chi connectivity index (χ3n) is 8.04. The average Bonchev–Trinajstić information content (AvgIpc) is 2.98. The largest absolute Gasteiger partial charge is 0.387 e. The Morgan fingerprint density at radius 1 is 0.591 bits per heavy atom. The molecule has 0 bridgehead atoms. The number of allylic oxidation sites excluding steroid dienone is 5. The summed E-state index contributed by atoms with van der Waals surface area (Å²) in [6.07, 6.45) is 39.8. The summed E-state index contributed by atoms with van der Waals surface area (Å²) < 4.78 is 32.3. The standard InChI is InChI=1S/C37H69NO5S/c1-3-5-7-9-11-13-15-17-19-21-23-25-27-29-31-33-37(40)38-35(34-44(41,42)43)36(39)32-30-28-26-24-22-20-18-16-14-12-10-8-6-4-2/h17,19,22,24,30,32,35-36,39H,3-16,18,20-21,23,25-29,31,33-34H2,1-2H3,(H,38,40)(H,41,42,43)/b19-17-,24-22+,32-30+. The fourth-order valence-electron chi connectivity index (χ4n) is 5.28. The molecule has 3 N–H and O–H groups in total. The van der Waals surface area contributed by atoms with Gasteiger partial charge in [0.1, 0.15) is 0 Å². The summed E-state index contributed by atoms with van der Waals surface area (Å²) in [7, 11) is -4.35. The summed E-state index contributed by atoms with van der Waals surface area (Å²) in [5.74, 6) is -1.01. The van der Waals surface area contributed by atoms with Crippen molar-refractivity contribution in [2.45, 2.75) is 187 Å². The first-order valence-corrected chi connectivity index (χ1v) is 19.8.